The summed E-state index contributed by atoms with van der Waals surface area (Å²) >= 11 is 0. The summed E-state index contributed by atoms with van der Waals surface area (Å²) in [5.74, 6) is 0.737. The van der Waals surface area contributed by atoms with Crippen molar-refractivity contribution >= 4 is 0 Å². The number of nitrogens with one attached hydrogen (secondary N) is 1. The first kappa shape index (κ1) is 16.9. The lowest BCUT2D eigenvalue weighted by Gasteiger charge is -2.20. The topological polar surface area (TPSA) is 21.3 Å². The highest BCUT2D eigenvalue weighted by Gasteiger charge is 2.07. The van der Waals surface area contributed by atoms with Gasteiger partial charge in [0.05, 0.1) is 6.10 Å². The molecule has 1 atom stereocenters. The molecule has 0 bridgehead atoms. The molecule has 0 heterocycles. The molecule has 0 saturated heterocycles. The highest BCUT2D eigenvalue weighted by Crippen LogP contribution is 2.08. The van der Waals surface area contributed by atoms with Crippen LogP contribution in [-0.2, 0) is 4.74 Å². The predicted molar refractivity (Wildman–Crippen MR) is 76.5 cm³/mol. The van der Waals surface area contributed by atoms with Crippen molar-refractivity contribution in [1.82, 2.24) is 5.32 Å². The van der Waals surface area contributed by atoms with Gasteiger partial charge in [-0.3, -0.25) is 0 Å². The van der Waals surface area contributed by atoms with Crippen LogP contribution in [0.5, 0.6) is 0 Å². The average molecular weight is 243 g/mol. The largest absolute Gasteiger partial charge is 0.379 e. The van der Waals surface area contributed by atoms with E-state index >= 15 is 0 Å². The van der Waals surface area contributed by atoms with Crippen LogP contribution >= 0.6 is 0 Å². The molecule has 1 unspecified atom stereocenters. The minimum Gasteiger partial charge on any atom is -0.379 e. The summed E-state index contributed by atoms with van der Waals surface area (Å²) in [5.41, 5.74) is 0.252. The number of ether oxygens (including phenoxy) is 1. The molecule has 2 nitrogen and oxygen atoms in total. The van der Waals surface area contributed by atoms with Crippen molar-refractivity contribution in [3.8, 4) is 0 Å². The molecule has 0 aliphatic carbocycles. The second-order valence-corrected chi connectivity index (χ2v) is 6.55. The fraction of sp³-hybridized carbons (Fsp3) is 1.00. The normalized spacial score (nSPS) is 14.3. The monoisotopic (exact) mass is 243 g/mol. The predicted octanol–water partition coefficient (Wildman–Crippen LogP) is 4.00. The maximum Gasteiger partial charge on any atom is 0.0549 e. The van der Waals surface area contributed by atoms with Gasteiger partial charge in [-0.15, -0.1) is 0 Å². The highest BCUT2D eigenvalue weighted by atomic mass is 16.5. The summed E-state index contributed by atoms with van der Waals surface area (Å²) in [6.07, 6.45) is 5.29. The molecule has 0 aliphatic heterocycles. The summed E-state index contributed by atoms with van der Waals surface area (Å²) in [4.78, 5) is 0. The summed E-state index contributed by atoms with van der Waals surface area (Å²) in [6.45, 7) is 15.3. The standard InChI is InChI=1S/C15H33NO/c1-13(2)12-14(3)17-11-9-7-8-10-16-15(4,5)6/h13-14,16H,7-12H2,1-6H3. The lowest BCUT2D eigenvalue weighted by molar-refractivity contribution is 0.0494. The van der Waals surface area contributed by atoms with Gasteiger partial charge in [0.25, 0.3) is 0 Å². The number of hydrogen-bond acceptors (Lipinski definition) is 2. The Labute approximate surface area is 109 Å². The van der Waals surface area contributed by atoms with E-state index in [9.17, 15) is 0 Å². The van der Waals surface area contributed by atoms with Crippen LogP contribution in [0.1, 0.15) is 67.2 Å². The zero-order chi connectivity index (χ0) is 13.3. The SMILES string of the molecule is CC(C)CC(C)OCCCCCNC(C)(C)C. The van der Waals surface area contributed by atoms with E-state index in [1.807, 2.05) is 0 Å². The van der Waals surface area contributed by atoms with Crippen LogP contribution in [0.4, 0.5) is 0 Å². The quantitative estimate of drug-likeness (QED) is 0.618. The second-order valence-electron chi connectivity index (χ2n) is 6.55. The van der Waals surface area contributed by atoms with Crippen molar-refractivity contribution in [2.24, 2.45) is 5.92 Å². The molecule has 0 aromatic heterocycles. The minimum atomic E-state index is 0.252. The van der Waals surface area contributed by atoms with Gasteiger partial charge in [0.15, 0.2) is 0 Å². The minimum absolute atomic E-state index is 0.252. The molecule has 0 saturated carbocycles. The van der Waals surface area contributed by atoms with Gasteiger partial charge in [-0.25, -0.2) is 0 Å². The molecular weight excluding hydrogens is 210 g/mol. The lowest BCUT2D eigenvalue weighted by atomic mass is 10.1. The van der Waals surface area contributed by atoms with Crippen LogP contribution in [0.2, 0.25) is 0 Å². The highest BCUT2D eigenvalue weighted by molar-refractivity contribution is 4.69. The Bertz CT molecular complexity index is 172. The Hall–Kier alpha value is -0.0800. The van der Waals surface area contributed by atoms with Gasteiger partial charge in [0, 0.05) is 12.1 Å². The number of rotatable bonds is 9. The molecular formula is C15H33NO. The van der Waals surface area contributed by atoms with Crippen LogP contribution < -0.4 is 5.32 Å². The van der Waals surface area contributed by atoms with Crippen molar-refractivity contribution in [3.63, 3.8) is 0 Å². The van der Waals surface area contributed by atoms with Crippen molar-refractivity contribution in [1.29, 1.82) is 0 Å². The molecule has 0 radical (unpaired) electrons. The molecule has 2 heteroatoms. The van der Waals surface area contributed by atoms with Gasteiger partial charge in [-0.1, -0.05) is 13.8 Å². The zero-order valence-corrected chi connectivity index (χ0v) is 12.8. The summed E-state index contributed by atoms with van der Waals surface area (Å²) in [7, 11) is 0. The zero-order valence-electron chi connectivity index (χ0n) is 12.8. The van der Waals surface area contributed by atoms with Crippen molar-refractivity contribution in [3.05, 3.63) is 0 Å². The fourth-order valence-electron chi connectivity index (χ4n) is 1.88. The van der Waals surface area contributed by atoms with Crippen LogP contribution in [-0.4, -0.2) is 24.8 Å². The number of unbranched alkanes of at least 4 members (excludes halogenated alkanes) is 2. The van der Waals surface area contributed by atoms with Crippen LogP contribution in [0, 0.1) is 5.92 Å². The van der Waals surface area contributed by atoms with Crippen molar-refractivity contribution in [2.75, 3.05) is 13.2 Å². The Kier molecular flexibility index (Phi) is 8.89. The first-order valence-corrected chi connectivity index (χ1v) is 7.18. The molecule has 1 N–H and O–H groups in total. The average Bonchev–Trinajstić information content (AvgIpc) is 2.13. The van der Waals surface area contributed by atoms with Crippen molar-refractivity contribution < 1.29 is 4.74 Å². The summed E-state index contributed by atoms with van der Waals surface area (Å²) in [6, 6.07) is 0. The third-order valence-electron chi connectivity index (χ3n) is 2.68. The molecule has 104 valence electrons. The molecule has 0 aliphatic rings. The van der Waals surface area contributed by atoms with Crippen LogP contribution in [0.3, 0.4) is 0 Å². The molecule has 17 heavy (non-hydrogen) atoms. The first-order valence-electron chi connectivity index (χ1n) is 7.18. The van der Waals surface area contributed by atoms with Gasteiger partial charge in [0.2, 0.25) is 0 Å². The maximum atomic E-state index is 5.78. The summed E-state index contributed by atoms with van der Waals surface area (Å²) in [5, 5.41) is 3.51. The Balaban J connectivity index is 3.24. The third-order valence-corrected chi connectivity index (χ3v) is 2.68. The molecule has 0 aromatic rings. The van der Waals surface area contributed by atoms with E-state index in [4.69, 9.17) is 4.74 Å². The van der Waals surface area contributed by atoms with E-state index in [2.05, 4.69) is 46.9 Å². The van der Waals surface area contributed by atoms with E-state index in [1.54, 1.807) is 0 Å². The Morgan fingerprint density at radius 2 is 1.65 bits per heavy atom. The van der Waals surface area contributed by atoms with Crippen molar-refractivity contribution in [2.45, 2.75) is 78.9 Å². The van der Waals surface area contributed by atoms with Crippen LogP contribution in [0.15, 0.2) is 0 Å². The number of hydrogen-bond donors (Lipinski definition) is 1. The van der Waals surface area contributed by atoms with E-state index in [0.717, 1.165) is 19.1 Å². The van der Waals surface area contributed by atoms with Crippen LogP contribution in [0.25, 0.3) is 0 Å². The fourth-order valence-corrected chi connectivity index (χ4v) is 1.88. The molecule has 0 fully saturated rings. The molecule has 0 spiro atoms. The van der Waals surface area contributed by atoms with Gasteiger partial charge < -0.3 is 10.1 Å². The molecule has 0 amide bonds. The molecule has 0 rings (SSSR count). The smallest absolute Gasteiger partial charge is 0.0549 e. The van der Waals surface area contributed by atoms with E-state index in [1.165, 1.54) is 25.7 Å². The van der Waals surface area contributed by atoms with Gasteiger partial charge >= 0.3 is 0 Å². The molecule has 0 aromatic carbocycles. The maximum absolute atomic E-state index is 5.78. The van der Waals surface area contributed by atoms with Gasteiger partial charge in [0.1, 0.15) is 0 Å². The van der Waals surface area contributed by atoms with E-state index in [-0.39, 0.29) is 5.54 Å². The lowest BCUT2D eigenvalue weighted by Crippen LogP contribution is -2.36. The summed E-state index contributed by atoms with van der Waals surface area (Å²) < 4.78 is 5.78. The Morgan fingerprint density at radius 1 is 1.00 bits per heavy atom. The Morgan fingerprint density at radius 3 is 2.18 bits per heavy atom. The van der Waals surface area contributed by atoms with Gasteiger partial charge in [-0.05, 0) is 65.8 Å². The third kappa shape index (κ3) is 13.9. The van der Waals surface area contributed by atoms with E-state index in [0.29, 0.717) is 6.10 Å². The van der Waals surface area contributed by atoms with Gasteiger partial charge in [-0.2, -0.15) is 0 Å². The second kappa shape index (κ2) is 8.93. The first-order chi connectivity index (χ1) is 7.81. The van der Waals surface area contributed by atoms with E-state index < -0.39 is 0 Å².